The van der Waals surface area contributed by atoms with Crippen molar-refractivity contribution in [3.05, 3.63) is 65.5 Å². The van der Waals surface area contributed by atoms with Gasteiger partial charge in [0.2, 0.25) is 10.0 Å². The summed E-state index contributed by atoms with van der Waals surface area (Å²) in [5, 5.41) is 3.17. The van der Waals surface area contributed by atoms with Gasteiger partial charge in [0.25, 0.3) is 0 Å². The quantitative estimate of drug-likeness (QED) is 0.797. The lowest BCUT2D eigenvalue weighted by Crippen LogP contribution is -2.48. The summed E-state index contributed by atoms with van der Waals surface area (Å²) >= 11 is 0. The first kappa shape index (κ1) is 19.7. The topological polar surface area (TPSA) is 66.5 Å². The smallest absolute Gasteiger partial charge is 0.243 e. The molecule has 1 fully saturated rings. The number of hydrogen-bond donors (Lipinski definition) is 1. The van der Waals surface area contributed by atoms with E-state index in [0.717, 1.165) is 0 Å². The highest BCUT2D eigenvalue weighted by molar-refractivity contribution is 7.89. The number of nitrogens with zero attached hydrogens (tertiary/aromatic N) is 1. The average Bonchev–Trinajstić information content (AvgIpc) is 2.67. The van der Waals surface area contributed by atoms with Crippen molar-refractivity contribution >= 4 is 15.8 Å². The zero-order valence-corrected chi connectivity index (χ0v) is 16.2. The number of piperazine rings is 1. The standard InChI is InChI=1S/C20H23FN2O3S/c1-14(2)20(24)15-6-8-18(9-7-15)27(25,26)23-11-10-22-13-19(23)16-4-3-5-17(21)12-16/h3-9,12,14,19,22H,10-11,13H2,1-2H3. The molecule has 7 heteroatoms. The van der Waals surface area contributed by atoms with Gasteiger partial charge in [0.15, 0.2) is 5.78 Å². The lowest BCUT2D eigenvalue weighted by molar-refractivity contribution is 0.0939. The van der Waals surface area contributed by atoms with Gasteiger partial charge in [-0.05, 0) is 29.8 Å². The van der Waals surface area contributed by atoms with Crippen LogP contribution in [0, 0.1) is 11.7 Å². The molecule has 1 aliphatic heterocycles. The Labute approximate surface area is 159 Å². The van der Waals surface area contributed by atoms with Crippen molar-refractivity contribution in [2.75, 3.05) is 19.6 Å². The van der Waals surface area contributed by atoms with E-state index in [0.29, 0.717) is 24.2 Å². The zero-order valence-electron chi connectivity index (χ0n) is 15.4. The number of halogens is 1. The van der Waals surface area contributed by atoms with E-state index in [9.17, 15) is 17.6 Å². The molecule has 1 saturated heterocycles. The number of benzene rings is 2. The highest BCUT2D eigenvalue weighted by atomic mass is 32.2. The van der Waals surface area contributed by atoms with Gasteiger partial charge in [-0.15, -0.1) is 0 Å². The van der Waals surface area contributed by atoms with E-state index in [4.69, 9.17) is 0 Å². The van der Waals surface area contributed by atoms with Crippen molar-refractivity contribution in [1.82, 2.24) is 9.62 Å². The van der Waals surface area contributed by atoms with Crippen LogP contribution in [0.2, 0.25) is 0 Å². The molecule has 2 aromatic carbocycles. The van der Waals surface area contributed by atoms with Gasteiger partial charge in [-0.1, -0.05) is 38.1 Å². The number of sulfonamides is 1. The fourth-order valence-corrected chi connectivity index (χ4v) is 4.84. The van der Waals surface area contributed by atoms with E-state index >= 15 is 0 Å². The normalized spacial score (nSPS) is 18.6. The Hall–Kier alpha value is -2.09. The van der Waals surface area contributed by atoms with Gasteiger partial charge in [0.1, 0.15) is 5.82 Å². The minimum atomic E-state index is -3.78. The molecule has 1 unspecified atom stereocenters. The van der Waals surface area contributed by atoms with Crippen LogP contribution >= 0.6 is 0 Å². The number of nitrogens with one attached hydrogen (secondary N) is 1. The van der Waals surface area contributed by atoms with Crippen LogP contribution in [-0.2, 0) is 10.0 Å². The van der Waals surface area contributed by atoms with Gasteiger partial charge < -0.3 is 5.32 Å². The summed E-state index contributed by atoms with van der Waals surface area (Å²) < 4.78 is 41.4. The zero-order chi connectivity index (χ0) is 19.6. The Kier molecular flexibility index (Phi) is 5.74. The molecule has 0 amide bonds. The highest BCUT2D eigenvalue weighted by Crippen LogP contribution is 2.29. The average molecular weight is 390 g/mol. The molecule has 144 valence electrons. The Morgan fingerprint density at radius 1 is 1.19 bits per heavy atom. The van der Waals surface area contributed by atoms with Crippen molar-refractivity contribution in [3.8, 4) is 0 Å². The van der Waals surface area contributed by atoms with Crippen molar-refractivity contribution in [1.29, 1.82) is 0 Å². The van der Waals surface area contributed by atoms with Gasteiger partial charge >= 0.3 is 0 Å². The third-order valence-electron chi connectivity index (χ3n) is 4.70. The fourth-order valence-electron chi connectivity index (χ4n) is 3.23. The molecular formula is C20H23FN2O3S. The third-order valence-corrected chi connectivity index (χ3v) is 6.62. The molecule has 0 spiro atoms. The molecule has 0 radical (unpaired) electrons. The molecule has 1 aliphatic rings. The van der Waals surface area contributed by atoms with Crippen molar-refractivity contribution < 1.29 is 17.6 Å². The molecule has 1 N–H and O–H groups in total. The van der Waals surface area contributed by atoms with E-state index in [-0.39, 0.29) is 23.1 Å². The van der Waals surface area contributed by atoms with E-state index in [1.54, 1.807) is 38.1 Å². The van der Waals surface area contributed by atoms with Gasteiger partial charge in [0.05, 0.1) is 10.9 Å². The summed E-state index contributed by atoms with van der Waals surface area (Å²) in [7, 11) is -3.78. The van der Waals surface area contributed by atoms with Gasteiger partial charge in [-0.3, -0.25) is 4.79 Å². The Bertz CT molecular complexity index is 926. The molecule has 1 heterocycles. The second-order valence-corrected chi connectivity index (χ2v) is 8.82. The molecular weight excluding hydrogens is 367 g/mol. The van der Waals surface area contributed by atoms with E-state index in [2.05, 4.69) is 5.32 Å². The summed E-state index contributed by atoms with van der Waals surface area (Å²) in [4.78, 5) is 12.2. The SMILES string of the molecule is CC(C)C(=O)c1ccc(S(=O)(=O)N2CCNCC2c2cccc(F)c2)cc1. The second kappa shape index (κ2) is 7.88. The Morgan fingerprint density at radius 2 is 1.89 bits per heavy atom. The molecule has 0 aliphatic carbocycles. The van der Waals surface area contributed by atoms with Gasteiger partial charge in [-0.25, -0.2) is 12.8 Å². The molecule has 2 aromatic rings. The second-order valence-electron chi connectivity index (χ2n) is 6.93. The van der Waals surface area contributed by atoms with Crippen LogP contribution in [0.25, 0.3) is 0 Å². The van der Waals surface area contributed by atoms with Crippen molar-refractivity contribution in [2.24, 2.45) is 5.92 Å². The summed E-state index contributed by atoms with van der Waals surface area (Å²) in [5.74, 6) is -0.580. The first-order valence-corrected chi connectivity index (χ1v) is 10.4. The molecule has 0 aromatic heterocycles. The van der Waals surface area contributed by atoms with E-state index in [1.165, 1.54) is 28.6 Å². The predicted octanol–water partition coefficient (Wildman–Crippen LogP) is 3.00. The summed E-state index contributed by atoms with van der Waals surface area (Å²) in [6, 6.07) is 11.6. The number of carbonyl (C=O) groups is 1. The Balaban J connectivity index is 1.93. The summed E-state index contributed by atoms with van der Waals surface area (Å²) in [6.07, 6.45) is 0. The first-order chi connectivity index (χ1) is 12.8. The number of hydrogen-bond acceptors (Lipinski definition) is 4. The predicted molar refractivity (Wildman–Crippen MR) is 102 cm³/mol. The van der Waals surface area contributed by atoms with Crippen LogP contribution in [0.3, 0.4) is 0 Å². The molecule has 5 nitrogen and oxygen atoms in total. The highest BCUT2D eigenvalue weighted by Gasteiger charge is 2.34. The van der Waals surface area contributed by atoms with Crippen molar-refractivity contribution in [2.45, 2.75) is 24.8 Å². The summed E-state index contributed by atoms with van der Waals surface area (Å²) in [5.41, 5.74) is 1.10. The maximum Gasteiger partial charge on any atom is 0.243 e. The molecule has 3 rings (SSSR count). The molecule has 0 saturated carbocycles. The maximum absolute atomic E-state index is 13.6. The van der Waals surface area contributed by atoms with Crippen LogP contribution in [0.4, 0.5) is 4.39 Å². The first-order valence-electron chi connectivity index (χ1n) is 8.93. The molecule has 1 atom stereocenters. The maximum atomic E-state index is 13.6. The van der Waals surface area contributed by atoms with Crippen molar-refractivity contribution in [3.63, 3.8) is 0 Å². The molecule has 27 heavy (non-hydrogen) atoms. The minimum Gasteiger partial charge on any atom is -0.313 e. The summed E-state index contributed by atoms with van der Waals surface area (Å²) in [6.45, 7) is 4.83. The fraction of sp³-hybridized carbons (Fsp3) is 0.350. The van der Waals surface area contributed by atoms with Crippen LogP contribution in [0.15, 0.2) is 53.4 Å². The monoisotopic (exact) mass is 390 g/mol. The molecule has 0 bridgehead atoms. The van der Waals surface area contributed by atoms with Gasteiger partial charge in [-0.2, -0.15) is 4.31 Å². The number of ketones is 1. The van der Waals surface area contributed by atoms with E-state index in [1.807, 2.05) is 0 Å². The minimum absolute atomic E-state index is 0.0289. The van der Waals surface area contributed by atoms with Crippen LogP contribution in [-0.4, -0.2) is 38.1 Å². The van der Waals surface area contributed by atoms with Crippen LogP contribution in [0.1, 0.15) is 35.8 Å². The van der Waals surface area contributed by atoms with Crippen LogP contribution < -0.4 is 5.32 Å². The lowest BCUT2D eigenvalue weighted by Gasteiger charge is -2.35. The third kappa shape index (κ3) is 4.10. The van der Waals surface area contributed by atoms with Crippen LogP contribution in [0.5, 0.6) is 0 Å². The number of Topliss-reactive ketones (excluding diaryl/α,β-unsaturated/α-hetero) is 1. The lowest BCUT2D eigenvalue weighted by atomic mass is 10.0. The van der Waals surface area contributed by atoms with E-state index < -0.39 is 21.9 Å². The Morgan fingerprint density at radius 3 is 2.52 bits per heavy atom. The van der Waals surface area contributed by atoms with Gasteiger partial charge in [0, 0.05) is 31.1 Å². The number of carbonyl (C=O) groups excluding carboxylic acids is 1. The number of rotatable bonds is 5. The largest absolute Gasteiger partial charge is 0.313 e.